The maximum Gasteiger partial charge on any atom is 0.270 e. The van der Waals surface area contributed by atoms with E-state index >= 15 is 0 Å². The van der Waals surface area contributed by atoms with Gasteiger partial charge in [-0.25, -0.2) is 9.97 Å². The molecule has 0 atom stereocenters. The topological polar surface area (TPSA) is 81.9 Å². The maximum atomic E-state index is 12.3. The Hall–Kier alpha value is -2.94. The summed E-state index contributed by atoms with van der Waals surface area (Å²) in [6, 6.07) is 12.1. The fourth-order valence-electron chi connectivity index (χ4n) is 3.47. The molecule has 3 heterocycles. The Bertz CT molecular complexity index is 835. The van der Waals surface area contributed by atoms with E-state index in [1.54, 1.807) is 0 Å². The first-order valence-corrected chi connectivity index (χ1v) is 8.65. The second-order valence-electron chi connectivity index (χ2n) is 6.46. The summed E-state index contributed by atoms with van der Waals surface area (Å²) in [5, 5.41) is 12.0. The van der Waals surface area contributed by atoms with E-state index in [1.165, 1.54) is 0 Å². The molecule has 126 valence electrons. The van der Waals surface area contributed by atoms with Crippen LogP contribution >= 0.6 is 0 Å². The van der Waals surface area contributed by atoms with Crippen LogP contribution < -0.4 is 10.2 Å². The van der Waals surface area contributed by atoms with Crippen molar-refractivity contribution in [2.45, 2.75) is 19.3 Å². The summed E-state index contributed by atoms with van der Waals surface area (Å²) in [6.07, 6.45) is 2.41. The number of benzene rings is 1. The van der Waals surface area contributed by atoms with Crippen LogP contribution in [0.2, 0.25) is 0 Å². The monoisotopic (exact) mass is 333 g/mol. The number of aromatic nitrogens is 2. The van der Waals surface area contributed by atoms with Crippen molar-refractivity contribution in [1.29, 1.82) is 5.26 Å². The first-order chi connectivity index (χ1) is 12.3. The van der Waals surface area contributed by atoms with Gasteiger partial charge in [0.15, 0.2) is 5.82 Å². The Morgan fingerprint density at radius 2 is 1.92 bits per heavy atom. The molecule has 1 fully saturated rings. The lowest BCUT2D eigenvalue weighted by atomic mass is 9.97. The summed E-state index contributed by atoms with van der Waals surface area (Å²) in [5.74, 6) is 1.42. The van der Waals surface area contributed by atoms with Gasteiger partial charge in [0, 0.05) is 36.7 Å². The SMILES string of the molecule is N#CC1CCN(c2nc(-c3ccccc3)nc3c2CCNC3=O)CC1. The number of nitrogens with zero attached hydrogens (tertiary/aromatic N) is 4. The Labute approximate surface area is 146 Å². The lowest BCUT2D eigenvalue weighted by Gasteiger charge is -2.33. The van der Waals surface area contributed by atoms with Crippen molar-refractivity contribution in [2.75, 3.05) is 24.5 Å². The normalized spacial score (nSPS) is 17.6. The van der Waals surface area contributed by atoms with Crippen molar-refractivity contribution >= 4 is 11.7 Å². The average molecular weight is 333 g/mol. The van der Waals surface area contributed by atoms with Gasteiger partial charge in [-0.2, -0.15) is 5.26 Å². The molecule has 0 unspecified atom stereocenters. The standard InChI is InChI=1S/C19H19N5O/c20-12-13-7-10-24(11-8-13)18-15-6-9-21-19(25)16(15)22-17(23-18)14-4-2-1-3-5-14/h1-5,13H,6-11H2,(H,21,25). The highest BCUT2D eigenvalue weighted by Crippen LogP contribution is 2.30. The van der Waals surface area contributed by atoms with Crippen LogP contribution in [0, 0.1) is 17.2 Å². The van der Waals surface area contributed by atoms with Crippen molar-refractivity contribution in [2.24, 2.45) is 5.92 Å². The van der Waals surface area contributed by atoms with Gasteiger partial charge in [-0.3, -0.25) is 4.79 Å². The van der Waals surface area contributed by atoms with Gasteiger partial charge < -0.3 is 10.2 Å². The molecule has 6 heteroatoms. The molecule has 4 rings (SSSR count). The molecule has 0 radical (unpaired) electrons. The van der Waals surface area contributed by atoms with Crippen LogP contribution in [-0.2, 0) is 6.42 Å². The zero-order valence-electron chi connectivity index (χ0n) is 13.9. The Morgan fingerprint density at radius 1 is 1.16 bits per heavy atom. The maximum absolute atomic E-state index is 12.3. The van der Waals surface area contributed by atoms with Crippen LogP contribution in [-0.4, -0.2) is 35.5 Å². The Morgan fingerprint density at radius 3 is 2.64 bits per heavy atom. The van der Waals surface area contributed by atoms with E-state index in [4.69, 9.17) is 10.2 Å². The van der Waals surface area contributed by atoms with Gasteiger partial charge in [0.2, 0.25) is 0 Å². The van der Waals surface area contributed by atoms with E-state index in [0.717, 1.165) is 49.3 Å². The molecule has 25 heavy (non-hydrogen) atoms. The van der Waals surface area contributed by atoms with Gasteiger partial charge in [0.05, 0.1) is 6.07 Å². The second kappa shape index (κ2) is 6.52. The second-order valence-corrected chi connectivity index (χ2v) is 6.46. The van der Waals surface area contributed by atoms with E-state index in [-0.39, 0.29) is 11.8 Å². The number of nitrogens with one attached hydrogen (secondary N) is 1. The average Bonchev–Trinajstić information content (AvgIpc) is 2.68. The predicted octanol–water partition coefficient (Wildman–Crippen LogP) is 2.17. The van der Waals surface area contributed by atoms with E-state index in [9.17, 15) is 4.79 Å². The lowest BCUT2D eigenvalue weighted by Crippen LogP contribution is -2.38. The van der Waals surface area contributed by atoms with Crippen LogP contribution in [0.25, 0.3) is 11.4 Å². The third kappa shape index (κ3) is 2.93. The van der Waals surface area contributed by atoms with Crippen molar-refractivity contribution in [3.05, 3.63) is 41.6 Å². The summed E-state index contributed by atoms with van der Waals surface area (Å²) in [7, 11) is 0. The molecule has 1 amide bonds. The zero-order valence-corrected chi connectivity index (χ0v) is 13.9. The number of rotatable bonds is 2. The number of piperidine rings is 1. The smallest absolute Gasteiger partial charge is 0.270 e. The number of hydrogen-bond acceptors (Lipinski definition) is 5. The van der Waals surface area contributed by atoms with Gasteiger partial charge in [-0.1, -0.05) is 30.3 Å². The summed E-state index contributed by atoms with van der Waals surface area (Å²) in [6.45, 7) is 2.19. The highest BCUT2D eigenvalue weighted by atomic mass is 16.1. The number of carbonyl (C=O) groups excluding carboxylic acids is 1. The van der Waals surface area contributed by atoms with Gasteiger partial charge in [0.25, 0.3) is 5.91 Å². The number of anilines is 1. The molecular formula is C19H19N5O. The van der Waals surface area contributed by atoms with Crippen LogP contribution in [0.15, 0.2) is 30.3 Å². The number of fused-ring (bicyclic) bond motifs is 1. The summed E-state index contributed by atoms with van der Waals surface area (Å²) < 4.78 is 0. The molecule has 1 aromatic heterocycles. The van der Waals surface area contributed by atoms with Gasteiger partial charge in [-0.15, -0.1) is 0 Å². The van der Waals surface area contributed by atoms with Gasteiger partial charge in [-0.05, 0) is 19.3 Å². The minimum Gasteiger partial charge on any atom is -0.356 e. The van der Waals surface area contributed by atoms with Gasteiger partial charge in [0.1, 0.15) is 11.5 Å². The van der Waals surface area contributed by atoms with Crippen LogP contribution in [0.3, 0.4) is 0 Å². The minimum absolute atomic E-state index is 0.116. The molecule has 2 aliphatic heterocycles. The van der Waals surface area contributed by atoms with Crippen molar-refractivity contribution in [3.63, 3.8) is 0 Å². The number of hydrogen-bond donors (Lipinski definition) is 1. The molecule has 0 bridgehead atoms. The van der Waals surface area contributed by atoms with E-state index in [2.05, 4.69) is 21.3 Å². The highest BCUT2D eigenvalue weighted by Gasteiger charge is 2.28. The third-order valence-electron chi connectivity index (χ3n) is 4.87. The summed E-state index contributed by atoms with van der Waals surface area (Å²) in [4.78, 5) is 23.9. The van der Waals surface area contributed by atoms with Crippen molar-refractivity contribution in [1.82, 2.24) is 15.3 Å². The van der Waals surface area contributed by atoms with Crippen LogP contribution in [0.4, 0.5) is 5.82 Å². The largest absolute Gasteiger partial charge is 0.356 e. The number of nitriles is 1. The quantitative estimate of drug-likeness (QED) is 0.911. The molecular weight excluding hydrogens is 314 g/mol. The minimum atomic E-state index is -0.131. The highest BCUT2D eigenvalue weighted by molar-refractivity contribution is 5.96. The Balaban J connectivity index is 1.78. The first-order valence-electron chi connectivity index (χ1n) is 8.65. The fourth-order valence-corrected chi connectivity index (χ4v) is 3.47. The lowest BCUT2D eigenvalue weighted by molar-refractivity contribution is 0.0940. The van der Waals surface area contributed by atoms with E-state index in [0.29, 0.717) is 18.1 Å². The molecule has 2 aliphatic rings. The van der Waals surface area contributed by atoms with Crippen LogP contribution in [0.5, 0.6) is 0 Å². The van der Waals surface area contributed by atoms with Crippen molar-refractivity contribution in [3.8, 4) is 17.5 Å². The third-order valence-corrected chi connectivity index (χ3v) is 4.87. The molecule has 6 nitrogen and oxygen atoms in total. The zero-order chi connectivity index (χ0) is 17.2. The fraction of sp³-hybridized carbons (Fsp3) is 0.368. The van der Waals surface area contributed by atoms with E-state index < -0.39 is 0 Å². The summed E-state index contributed by atoms with van der Waals surface area (Å²) >= 11 is 0. The number of carbonyl (C=O) groups is 1. The van der Waals surface area contributed by atoms with Crippen LogP contribution in [0.1, 0.15) is 28.9 Å². The molecule has 1 aromatic carbocycles. The predicted molar refractivity (Wildman–Crippen MR) is 94.1 cm³/mol. The van der Waals surface area contributed by atoms with Crippen molar-refractivity contribution < 1.29 is 4.79 Å². The molecule has 0 saturated carbocycles. The Kier molecular flexibility index (Phi) is 4.06. The van der Waals surface area contributed by atoms with Gasteiger partial charge >= 0.3 is 0 Å². The molecule has 0 aliphatic carbocycles. The summed E-state index contributed by atoms with van der Waals surface area (Å²) in [5.41, 5.74) is 2.31. The molecule has 1 saturated heterocycles. The molecule has 2 aromatic rings. The first kappa shape index (κ1) is 15.6. The molecule has 0 spiro atoms. The number of amides is 1. The van der Waals surface area contributed by atoms with E-state index in [1.807, 2.05) is 30.3 Å². The molecule has 1 N–H and O–H groups in total.